The lowest BCUT2D eigenvalue weighted by atomic mass is 10.2. The second-order valence-electron chi connectivity index (χ2n) is 3.47. The topological polar surface area (TPSA) is 9.23 Å². The molecule has 0 fully saturated rings. The molecule has 1 nitrogen and oxygen atoms in total. The van der Waals surface area contributed by atoms with Crippen LogP contribution < -0.4 is 4.74 Å². The van der Waals surface area contributed by atoms with E-state index in [0.29, 0.717) is 5.56 Å². The van der Waals surface area contributed by atoms with Crippen LogP contribution in [0.25, 0.3) is 0 Å². The average molecular weight is 346 g/mol. The quantitative estimate of drug-likeness (QED) is 0.759. The minimum Gasteiger partial charge on any atom is -0.488 e. The molecule has 4 heteroatoms. The highest BCUT2D eigenvalue weighted by Crippen LogP contribution is 2.21. The van der Waals surface area contributed by atoms with Gasteiger partial charge in [-0.05, 0) is 52.4 Å². The Balaban J connectivity index is 2.08. The standard InChI is InChI=1S/C13H9F2IO/c14-10-6-5-9(7-11(10)15)8-17-13-4-2-1-3-12(13)16/h1-7H,8H2. The van der Waals surface area contributed by atoms with Gasteiger partial charge in [-0.15, -0.1) is 0 Å². The van der Waals surface area contributed by atoms with E-state index < -0.39 is 11.6 Å². The maximum Gasteiger partial charge on any atom is 0.159 e. The number of halogens is 3. The van der Waals surface area contributed by atoms with Crippen LogP contribution in [-0.4, -0.2) is 0 Å². The molecule has 0 heterocycles. The second-order valence-corrected chi connectivity index (χ2v) is 4.63. The fourth-order valence-electron chi connectivity index (χ4n) is 1.35. The predicted octanol–water partition coefficient (Wildman–Crippen LogP) is 4.15. The number of hydrogen-bond acceptors (Lipinski definition) is 1. The van der Waals surface area contributed by atoms with Crippen molar-refractivity contribution in [2.75, 3.05) is 0 Å². The molecule has 0 spiro atoms. The summed E-state index contributed by atoms with van der Waals surface area (Å²) in [6, 6.07) is 11.3. The molecule has 0 amide bonds. The van der Waals surface area contributed by atoms with Crippen LogP contribution >= 0.6 is 22.6 Å². The molecule has 0 saturated heterocycles. The number of rotatable bonds is 3. The molecule has 0 unspecified atom stereocenters. The molecular formula is C13H9F2IO. The first-order valence-corrected chi connectivity index (χ1v) is 6.06. The van der Waals surface area contributed by atoms with Gasteiger partial charge >= 0.3 is 0 Å². The zero-order valence-corrected chi connectivity index (χ0v) is 10.9. The van der Waals surface area contributed by atoms with Crippen molar-refractivity contribution in [3.8, 4) is 5.75 Å². The number of ether oxygens (including phenoxy) is 1. The summed E-state index contributed by atoms with van der Waals surface area (Å²) in [7, 11) is 0. The molecule has 0 atom stereocenters. The first-order valence-electron chi connectivity index (χ1n) is 4.98. The second kappa shape index (κ2) is 5.44. The lowest BCUT2D eigenvalue weighted by Gasteiger charge is -2.08. The van der Waals surface area contributed by atoms with Gasteiger partial charge in [0.15, 0.2) is 11.6 Å². The maximum absolute atomic E-state index is 13.0. The Morgan fingerprint density at radius 3 is 2.47 bits per heavy atom. The molecule has 2 rings (SSSR count). The zero-order chi connectivity index (χ0) is 12.3. The van der Waals surface area contributed by atoms with Crippen LogP contribution in [0.2, 0.25) is 0 Å². The molecule has 88 valence electrons. The summed E-state index contributed by atoms with van der Waals surface area (Å²) < 4.78 is 32.2. The van der Waals surface area contributed by atoms with Crippen LogP contribution in [0.3, 0.4) is 0 Å². The Bertz CT molecular complexity index is 529. The van der Waals surface area contributed by atoms with E-state index in [0.717, 1.165) is 21.5 Å². The maximum atomic E-state index is 13.0. The van der Waals surface area contributed by atoms with Crippen molar-refractivity contribution in [1.82, 2.24) is 0 Å². The highest BCUT2D eigenvalue weighted by molar-refractivity contribution is 14.1. The predicted molar refractivity (Wildman–Crippen MR) is 69.8 cm³/mol. The molecule has 0 N–H and O–H groups in total. The van der Waals surface area contributed by atoms with E-state index in [4.69, 9.17) is 4.74 Å². The number of benzene rings is 2. The summed E-state index contributed by atoms with van der Waals surface area (Å²) in [5, 5.41) is 0. The molecule has 0 aliphatic heterocycles. The van der Waals surface area contributed by atoms with E-state index in [1.54, 1.807) is 0 Å². The summed E-state index contributed by atoms with van der Waals surface area (Å²) in [4.78, 5) is 0. The highest BCUT2D eigenvalue weighted by atomic mass is 127. The molecule has 17 heavy (non-hydrogen) atoms. The van der Waals surface area contributed by atoms with Crippen molar-refractivity contribution in [2.45, 2.75) is 6.61 Å². The Labute approximate surface area is 112 Å². The molecule has 0 bridgehead atoms. The summed E-state index contributed by atoms with van der Waals surface area (Å²) in [6.07, 6.45) is 0. The van der Waals surface area contributed by atoms with Crippen molar-refractivity contribution in [1.29, 1.82) is 0 Å². The minimum absolute atomic E-state index is 0.219. The normalized spacial score (nSPS) is 10.3. The van der Waals surface area contributed by atoms with Crippen molar-refractivity contribution < 1.29 is 13.5 Å². The SMILES string of the molecule is Fc1ccc(COc2ccccc2I)cc1F. The van der Waals surface area contributed by atoms with Gasteiger partial charge in [0.25, 0.3) is 0 Å². The first-order chi connectivity index (χ1) is 8.16. The fraction of sp³-hybridized carbons (Fsp3) is 0.0769. The number of para-hydroxylation sites is 1. The summed E-state index contributed by atoms with van der Waals surface area (Å²) >= 11 is 2.16. The lowest BCUT2D eigenvalue weighted by molar-refractivity contribution is 0.303. The Morgan fingerprint density at radius 2 is 1.76 bits per heavy atom. The third-order valence-corrected chi connectivity index (χ3v) is 3.11. The third-order valence-electron chi connectivity index (χ3n) is 2.22. The van der Waals surface area contributed by atoms with E-state index >= 15 is 0 Å². The smallest absolute Gasteiger partial charge is 0.159 e. The molecule has 0 aromatic heterocycles. The molecule has 0 aliphatic rings. The monoisotopic (exact) mass is 346 g/mol. The third kappa shape index (κ3) is 3.15. The van der Waals surface area contributed by atoms with Crippen LogP contribution in [-0.2, 0) is 6.61 Å². The molecule has 0 aliphatic carbocycles. The molecule has 0 radical (unpaired) electrons. The number of hydrogen-bond donors (Lipinski definition) is 0. The van der Waals surface area contributed by atoms with Crippen molar-refractivity contribution in [2.24, 2.45) is 0 Å². The van der Waals surface area contributed by atoms with Crippen molar-refractivity contribution in [3.05, 3.63) is 63.2 Å². The van der Waals surface area contributed by atoms with Gasteiger partial charge in [-0.25, -0.2) is 8.78 Å². The fourth-order valence-corrected chi connectivity index (χ4v) is 1.90. The van der Waals surface area contributed by atoms with E-state index in [9.17, 15) is 8.78 Å². The van der Waals surface area contributed by atoms with Crippen LogP contribution in [0.5, 0.6) is 5.75 Å². The van der Waals surface area contributed by atoms with Crippen molar-refractivity contribution >= 4 is 22.6 Å². The minimum atomic E-state index is -0.853. The van der Waals surface area contributed by atoms with Crippen LogP contribution in [0.1, 0.15) is 5.56 Å². The van der Waals surface area contributed by atoms with Crippen LogP contribution in [0.15, 0.2) is 42.5 Å². The van der Waals surface area contributed by atoms with E-state index in [-0.39, 0.29) is 6.61 Å². The van der Waals surface area contributed by atoms with Gasteiger partial charge in [0, 0.05) is 0 Å². The lowest BCUT2D eigenvalue weighted by Crippen LogP contribution is -1.98. The molecule has 2 aromatic carbocycles. The van der Waals surface area contributed by atoms with E-state index in [1.165, 1.54) is 6.07 Å². The van der Waals surface area contributed by atoms with Gasteiger partial charge in [-0.1, -0.05) is 18.2 Å². The summed E-state index contributed by atoms with van der Waals surface area (Å²) in [5.74, 6) is -0.963. The van der Waals surface area contributed by atoms with Gasteiger partial charge in [0.1, 0.15) is 12.4 Å². The Morgan fingerprint density at radius 1 is 1.00 bits per heavy atom. The average Bonchev–Trinajstić information content (AvgIpc) is 2.32. The molecule has 2 aromatic rings. The van der Waals surface area contributed by atoms with Gasteiger partial charge in [-0.3, -0.25) is 0 Å². The van der Waals surface area contributed by atoms with Crippen molar-refractivity contribution in [3.63, 3.8) is 0 Å². The first kappa shape index (κ1) is 12.3. The highest BCUT2D eigenvalue weighted by Gasteiger charge is 2.04. The van der Waals surface area contributed by atoms with Gasteiger partial charge in [0.05, 0.1) is 3.57 Å². The van der Waals surface area contributed by atoms with Gasteiger partial charge in [-0.2, -0.15) is 0 Å². The van der Waals surface area contributed by atoms with Crippen LogP contribution in [0.4, 0.5) is 8.78 Å². The molecular weight excluding hydrogens is 337 g/mol. The Kier molecular flexibility index (Phi) is 3.93. The zero-order valence-electron chi connectivity index (χ0n) is 8.79. The summed E-state index contributed by atoms with van der Waals surface area (Å²) in [5.41, 5.74) is 0.601. The van der Waals surface area contributed by atoms with E-state index in [2.05, 4.69) is 22.6 Å². The van der Waals surface area contributed by atoms with Gasteiger partial charge < -0.3 is 4.74 Å². The Hall–Kier alpha value is -1.17. The molecule has 0 saturated carbocycles. The van der Waals surface area contributed by atoms with E-state index in [1.807, 2.05) is 24.3 Å². The van der Waals surface area contributed by atoms with Crippen LogP contribution in [0, 0.1) is 15.2 Å². The van der Waals surface area contributed by atoms with Gasteiger partial charge in [0.2, 0.25) is 0 Å². The summed E-state index contributed by atoms with van der Waals surface area (Å²) in [6.45, 7) is 0.219. The largest absolute Gasteiger partial charge is 0.488 e.